The van der Waals surface area contributed by atoms with Crippen LogP contribution in [-0.4, -0.2) is 68.4 Å². The number of hydrogen-bond donors (Lipinski definition) is 2. The zero-order valence-electron chi connectivity index (χ0n) is 12.4. The highest BCUT2D eigenvalue weighted by Gasteiger charge is 2.14. The SMILES string of the molecule is CCC(O)OCC(COCC(C)O)OCC(C)OC. The molecule has 0 aliphatic carbocycles. The summed E-state index contributed by atoms with van der Waals surface area (Å²) in [6.45, 7) is 6.59. The van der Waals surface area contributed by atoms with Gasteiger partial charge in [0.05, 0.1) is 38.6 Å². The summed E-state index contributed by atoms with van der Waals surface area (Å²) in [5.41, 5.74) is 0. The molecule has 0 aliphatic rings. The molecule has 116 valence electrons. The lowest BCUT2D eigenvalue weighted by molar-refractivity contribution is -0.150. The van der Waals surface area contributed by atoms with Gasteiger partial charge < -0.3 is 29.2 Å². The highest BCUT2D eigenvalue weighted by Crippen LogP contribution is 2.02. The van der Waals surface area contributed by atoms with E-state index in [0.717, 1.165) is 0 Å². The van der Waals surface area contributed by atoms with E-state index < -0.39 is 12.4 Å². The van der Waals surface area contributed by atoms with Crippen molar-refractivity contribution < 1.29 is 29.2 Å². The number of methoxy groups -OCH3 is 1. The van der Waals surface area contributed by atoms with E-state index >= 15 is 0 Å². The van der Waals surface area contributed by atoms with Crippen molar-refractivity contribution in [3.63, 3.8) is 0 Å². The normalized spacial score (nSPS) is 18.0. The Bertz CT molecular complexity index is 186. The van der Waals surface area contributed by atoms with E-state index in [1.807, 2.05) is 13.8 Å². The average molecular weight is 280 g/mol. The lowest BCUT2D eigenvalue weighted by atomic mass is 10.3. The third kappa shape index (κ3) is 11.3. The van der Waals surface area contributed by atoms with Crippen molar-refractivity contribution in [3.05, 3.63) is 0 Å². The second-order valence-corrected chi connectivity index (χ2v) is 4.58. The molecule has 0 saturated carbocycles. The van der Waals surface area contributed by atoms with Crippen LogP contribution in [0.25, 0.3) is 0 Å². The number of aliphatic hydroxyl groups excluding tert-OH is 2. The van der Waals surface area contributed by atoms with E-state index in [1.165, 1.54) is 0 Å². The number of hydrogen-bond acceptors (Lipinski definition) is 6. The molecule has 6 nitrogen and oxygen atoms in total. The van der Waals surface area contributed by atoms with Crippen molar-refractivity contribution in [2.75, 3.05) is 33.5 Å². The summed E-state index contributed by atoms with van der Waals surface area (Å²) in [6.07, 6.45) is -1.09. The van der Waals surface area contributed by atoms with Crippen molar-refractivity contribution in [1.29, 1.82) is 0 Å². The maximum Gasteiger partial charge on any atom is 0.154 e. The third-order valence-corrected chi connectivity index (χ3v) is 2.46. The van der Waals surface area contributed by atoms with Crippen LogP contribution >= 0.6 is 0 Å². The molecule has 0 bridgehead atoms. The molecule has 0 spiro atoms. The van der Waals surface area contributed by atoms with Gasteiger partial charge in [-0.05, 0) is 20.3 Å². The van der Waals surface area contributed by atoms with E-state index in [-0.39, 0.29) is 25.4 Å². The molecule has 0 aromatic carbocycles. The highest BCUT2D eigenvalue weighted by atomic mass is 16.6. The van der Waals surface area contributed by atoms with Crippen LogP contribution in [0, 0.1) is 0 Å². The molecular weight excluding hydrogens is 252 g/mol. The smallest absolute Gasteiger partial charge is 0.154 e. The van der Waals surface area contributed by atoms with Crippen LogP contribution in [0.3, 0.4) is 0 Å². The maximum atomic E-state index is 9.36. The Kier molecular flexibility index (Phi) is 11.4. The van der Waals surface area contributed by atoms with Crippen LogP contribution in [0.1, 0.15) is 27.2 Å². The Morgan fingerprint density at radius 2 is 1.63 bits per heavy atom. The molecule has 0 rings (SSSR count). The predicted octanol–water partition coefficient (Wildman–Crippen LogP) is 0.549. The molecule has 2 N–H and O–H groups in total. The number of aliphatic hydroxyl groups is 2. The summed E-state index contributed by atoms with van der Waals surface area (Å²) in [6, 6.07) is 0. The van der Waals surface area contributed by atoms with Gasteiger partial charge in [-0.1, -0.05) is 6.92 Å². The van der Waals surface area contributed by atoms with Crippen molar-refractivity contribution in [1.82, 2.24) is 0 Å². The maximum absolute atomic E-state index is 9.36. The predicted molar refractivity (Wildman–Crippen MR) is 71.0 cm³/mol. The first-order chi connectivity index (χ1) is 8.99. The molecule has 0 heterocycles. The number of ether oxygens (including phenoxy) is 4. The Balaban J connectivity index is 3.99. The van der Waals surface area contributed by atoms with Crippen LogP contribution < -0.4 is 0 Å². The second kappa shape index (κ2) is 11.6. The first-order valence-corrected chi connectivity index (χ1v) is 6.69. The van der Waals surface area contributed by atoms with Crippen LogP contribution in [0.15, 0.2) is 0 Å². The Hall–Kier alpha value is -0.240. The largest absolute Gasteiger partial charge is 0.391 e. The lowest BCUT2D eigenvalue weighted by Crippen LogP contribution is -2.32. The van der Waals surface area contributed by atoms with Crippen molar-refractivity contribution >= 4 is 0 Å². The van der Waals surface area contributed by atoms with Gasteiger partial charge in [0.2, 0.25) is 0 Å². The molecule has 0 saturated heterocycles. The molecule has 0 amide bonds. The lowest BCUT2D eigenvalue weighted by Gasteiger charge is -2.21. The summed E-state index contributed by atoms with van der Waals surface area (Å²) < 4.78 is 21.2. The fourth-order valence-corrected chi connectivity index (χ4v) is 1.19. The summed E-state index contributed by atoms with van der Waals surface area (Å²) in [5, 5.41) is 18.5. The fraction of sp³-hybridized carbons (Fsp3) is 1.00. The number of rotatable bonds is 12. The average Bonchev–Trinajstić information content (AvgIpc) is 2.39. The van der Waals surface area contributed by atoms with Gasteiger partial charge in [0.15, 0.2) is 6.29 Å². The van der Waals surface area contributed by atoms with Crippen LogP contribution in [0.4, 0.5) is 0 Å². The van der Waals surface area contributed by atoms with E-state index in [0.29, 0.717) is 19.6 Å². The van der Waals surface area contributed by atoms with Crippen LogP contribution in [-0.2, 0) is 18.9 Å². The zero-order valence-corrected chi connectivity index (χ0v) is 12.4. The summed E-state index contributed by atoms with van der Waals surface area (Å²) >= 11 is 0. The topological polar surface area (TPSA) is 77.4 Å². The third-order valence-electron chi connectivity index (χ3n) is 2.46. The van der Waals surface area contributed by atoms with Gasteiger partial charge in [-0.15, -0.1) is 0 Å². The molecule has 6 heteroatoms. The Morgan fingerprint density at radius 1 is 0.947 bits per heavy atom. The van der Waals surface area contributed by atoms with E-state index in [4.69, 9.17) is 24.1 Å². The minimum atomic E-state index is -0.789. The molecule has 0 radical (unpaired) electrons. The standard InChI is InChI=1S/C13H28O6/c1-5-13(15)19-9-12(8-17-6-10(2)14)18-7-11(3)16-4/h10-15H,5-9H2,1-4H3. The van der Waals surface area contributed by atoms with E-state index in [1.54, 1.807) is 14.0 Å². The van der Waals surface area contributed by atoms with Crippen LogP contribution in [0.5, 0.6) is 0 Å². The zero-order chi connectivity index (χ0) is 14.7. The molecule has 19 heavy (non-hydrogen) atoms. The van der Waals surface area contributed by atoms with E-state index in [9.17, 15) is 5.11 Å². The summed E-state index contributed by atoms with van der Waals surface area (Å²) in [4.78, 5) is 0. The molecule has 0 aromatic heterocycles. The van der Waals surface area contributed by atoms with Crippen LogP contribution in [0.2, 0.25) is 0 Å². The highest BCUT2D eigenvalue weighted by molar-refractivity contribution is 4.59. The minimum absolute atomic E-state index is 0.0182. The van der Waals surface area contributed by atoms with Gasteiger partial charge in [0, 0.05) is 7.11 Å². The molecule has 0 aliphatic heterocycles. The van der Waals surface area contributed by atoms with Gasteiger partial charge >= 0.3 is 0 Å². The Morgan fingerprint density at radius 3 is 2.16 bits per heavy atom. The van der Waals surface area contributed by atoms with Crippen molar-refractivity contribution in [3.8, 4) is 0 Å². The van der Waals surface area contributed by atoms with Gasteiger partial charge in [-0.25, -0.2) is 0 Å². The van der Waals surface area contributed by atoms with Gasteiger partial charge in [-0.3, -0.25) is 0 Å². The van der Waals surface area contributed by atoms with E-state index in [2.05, 4.69) is 0 Å². The summed E-state index contributed by atoms with van der Waals surface area (Å²) in [5.74, 6) is 0. The van der Waals surface area contributed by atoms with Crippen molar-refractivity contribution in [2.45, 2.75) is 51.8 Å². The first-order valence-electron chi connectivity index (χ1n) is 6.69. The summed E-state index contributed by atoms with van der Waals surface area (Å²) in [7, 11) is 1.62. The first kappa shape index (κ1) is 18.8. The van der Waals surface area contributed by atoms with Gasteiger partial charge in [0.25, 0.3) is 0 Å². The molecule has 4 atom stereocenters. The van der Waals surface area contributed by atoms with Gasteiger partial charge in [0.1, 0.15) is 6.10 Å². The molecule has 0 aromatic rings. The quantitative estimate of drug-likeness (QED) is 0.508. The molecule has 0 fully saturated rings. The molecular formula is C13H28O6. The minimum Gasteiger partial charge on any atom is -0.391 e. The van der Waals surface area contributed by atoms with Crippen molar-refractivity contribution in [2.24, 2.45) is 0 Å². The van der Waals surface area contributed by atoms with Gasteiger partial charge in [-0.2, -0.15) is 0 Å². The fourth-order valence-electron chi connectivity index (χ4n) is 1.19. The second-order valence-electron chi connectivity index (χ2n) is 4.58. The Labute approximate surface area is 115 Å². The molecule has 4 unspecified atom stereocenters. The monoisotopic (exact) mass is 280 g/mol.